The Morgan fingerprint density at radius 3 is 2.25 bits per heavy atom. The minimum absolute atomic E-state index is 0.0513. The van der Waals surface area contributed by atoms with E-state index in [-0.39, 0.29) is 12.5 Å². The fourth-order valence-corrected chi connectivity index (χ4v) is 2.37. The van der Waals surface area contributed by atoms with E-state index in [9.17, 15) is 4.79 Å². The summed E-state index contributed by atoms with van der Waals surface area (Å²) in [6.07, 6.45) is 0. The predicted octanol–water partition coefficient (Wildman–Crippen LogP) is 4.10. The lowest BCUT2D eigenvalue weighted by molar-refractivity contribution is -0.132. The molecular formula is C18H20Cl2N2O2. The topological polar surface area (TPSA) is 32.8 Å². The number of amides is 1. The van der Waals surface area contributed by atoms with Gasteiger partial charge in [0.25, 0.3) is 5.91 Å². The second kappa shape index (κ2) is 8.27. The summed E-state index contributed by atoms with van der Waals surface area (Å²) in [5.74, 6) is 0.402. The van der Waals surface area contributed by atoms with Crippen LogP contribution in [0.2, 0.25) is 10.0 Å². The zero-order chi connectivity index (χ0) is 17.7. The van der Waals surface area contributed by atoms with Crippen molar-refractivity contribution in [2.75, 3.05) is 32.6 Å². The van der Waals surface area contributed by atoms with Gasteiger partial charge in [0.2, 0.25) is 0 Å². The Labute approximate surface area is 152 Å². The molecule has 0 saturated carbocycles. The summed E-state index contributed by atoms with van der Waals surface area (Å²) in [4.78, 5) is 15.8. The van der Waals surface area contributed by atoms with Gasteiger partial charge in [-0.3, -0.25) is 4.79 Å². The maximum Gasteiger partial charge on any atom is 0.260 e. The quantitative estimate of drug-likeness (QED) is 0.771. The zero-order valence-electron chi connectivity index (χ0n) is 13.9. The third kappa shape index (κ3) is 5.05. The molecule has 0 heterocycles. The Morgan fingerprint density at radius 1 is 1.00 bits per heavy atom. The number of hydrogen-bond acceptors (Lipinski definition) is 3. The molecule has 0 saturated heterocycles. The molecule has 0 aliphatic rings. The number of carbonyl (C=O) groups is 1. The van der Waals surface area contributed by atoms with Crippen LogP contribution < -0.4 is 9.64 Å². The fraction of sp³-hybridized carbons (Fsp3) is 0.278. The first kappa shape index (κ1) is 18.4. The van der Waals surface area contributed by atoms with Crippen LogP contribution in [0.25, 0.3) is 0 Å². The highest BCUT2D eigenvalue weighted by Gasteiger charge is 2.11. The standard InChI is InChI=1S/C18H20Cl2N2O2/c1-21(2)14-6-4-13(5-7-14)11-22(3)18(23)12-24-15-8-9-16(19)17(20)10-15/h4-10H,11-12H2,1-3H3. The third-order valence-electron chi connectivity index (χ3n) is 3.55. The van der Waals surface area contributed by atoms with Gasteiger partial charge in [0, 0.05) is 39.4 Å². The van der Waals surface area contributed by atoms with Gasteiger partial charge < -0.3 is 14.5 Å². The van der Waals surface area contributed by atoms with Crippen LogP contribution in [0.15, 0.2) is 42.5 Å². The third-order valence-corrected chi connectivity index (χ3v) is 4.29. The van der Waals surface area contributed by atoms with Gasteiger partial charge in [0.1, 0.15) is 5.75 Å². The van der Waals surface area contributed by atoms with E-state index in [4.69, 9.17) is 27.9 Å². The van der Waals surface area contributed by atoms with Gasteiger partial charge in [0.05, 0.1) is 10.0 Å². The summed E-state index contributed by atoms with van der Waals surface area (Å²) < 4.78 is 5.47. The van der Waals surface area contributed by atoms with Crippen LogP contribution in [0.1, 0.15) is 5.56 Å². The lowest BCUT2D eigenvalue weighted by Gasteiger charge is -2.19. The molecule has 4 nitrogen and oxygen atoms in total. The highest BCUT2D eigenvalue weighted by molar-refractivity contribution is 6.42. The summed E-state index contributed by atoms with van der Waals surface area (Å²) in [7, 11) is 5.73. The molecule has 128 valence electrons. The zero-order valence-corrected chi connectivity index (χ0v) is 15.4. The molecule has 0 unspecified atom stereocenters. The number of halogens is 2. The van der Waals surface area contributed by atoms with Crippen molar-refractivity contribution in [2.45, 2.75) is 6.54 Å². The Hall–Kier alpha value is -1.91. The van der Waals surface area contributed by atoms with Crippen LogP contribution in [0.4, 0.5) is 5.69 Å². The van der Waals surface area contributed by atoms with E-state index in [0.717, 1.165) is 11.3 Å². The maximum atomic E-state index is 12.2. The van der Waals surface area contributed by atoms with E-state index in [1.807, 2.05) is 43.3 Å². The number of carbonyl (C=O) groups excluding carboxylic acids is 1. The summed E-state index contributed by atoms with van der Waals surface area (Å²) in [6, 6.07) is 13.0. The van der Waals surface area contributed by atoms with Crippen LogP contribution in [0.3, 0.4) is 0 Å². The van der Waals surface area contributed by atoms with E-state index in [1.165, 1.54) is 0 Å². The molecule has 0 aromatic heterocycles. The minimum Gasteiger partial charge on any atom is -0.484 e. The summed E-state index contributed by atoms with van der Waals surface area (Å²) >= 11 is 11.8. The number of likely N-dealkylation sites (N-methyl/N-ethyl adjacent to an activating group) is 1. The van der Waals surface area contributed by atoms with Crippen LogP contribution in [-0.4, -0.2) is 38.6 Å². The molecule has 0 atom stereocenters. The molecule has 0 N–H and O–H groups in total. The average Bonchev–Trinajstić information content (AvgIpc) is 2.56. The Morgan fingerprint density at radius 2 is 1.67 bits per heavy atom. The molecule has 6 heteroatoms. The molecule has 0 aliphatic heterocycles. The van der Waals surface area contributed by atoms with Gasteiger partial charge in [-0.15, -0.1) is 0 Å². The second-order valence-corrected chi connectivity index (χ2v) is 6.49. The maximum absolute atomic E-state index is 12.2. The highest BCUT2D eigenvalue weighted by atomic mass is 35.5. The van der Waals surface area contributed by atoms with Crippen molar-refractivity contribution in [3.8, 4) is 5.75 Å². The molecular weight excluding hydrogens is 347 g/mol. The Balaban J connectivity index is 1.88. The number of hydrogen-bond donors (Lipinski definition) is 0. The van der Waals surface area contributed by atoms with Crippen molar-refractivity contribution in [3.63, 3.8) is 0 Å². The largest absolute Gasteiger partial charge is 0.484 e. The van der Waals surface area contributed by atoms with Crippen molar-refractivity contribution in [1.82, 2.24) is 4.90 Å². The molecule has 1 amide bonds. The molecule has 0 bridgehead atoms. The first-order chi connectivity index (χ1) is 11.4. The predicted molar refractivity (Wildman–Crippen MR) is 99.2 cm³/mol. The van der Waals surface area contributed by atoms with Crippen molar-refractivity contribution in [2.24, 2.45) is 0 Å². The number of anilines is 1. The van der Waals surface area contributed by atoms with E-state index < -0.39 is 0 Å². The van der Waals surface area contributed by atoms with Crippen LogP contribution in [0, 0.1) is 0 Å². The molecule has 24 heavy (non-hydrogen) atoms. The highest BCUT2D eigenvalue weighted by Crippen LogP contribution is 2.26. The molecule has 2 aromatic carbocycles. The van der Waals surface area contributed by atoms with Gasteiger partial charge >= 0.3 is 0 Å². The van der Waals surface area contributed by atoms with Gasteiger partial charge in [-0.05, 0) is 29.8 Å². The van der Waals surface area contributed by atoms with E-state index in [0.29, 0.717) is 22.3 Å². The molecule has 2 aromatic rings. The lowest BCUT2D eigenvalue weighted by Crippen LogP contribution is -2.30. The molecule has 0 radical (unpaired) electrons. The fourth-order valence-electron chi connectivity index (χ4n) is 2.08. The van der Waals surface area contributed by atoms with Gasteiger partial charge in [0.15, 0.2) is 6.61 Å². The lowest BCUT2D eigenvalue weighted by atomic mass is 10.2. The summed E-state index contributed by atoms with van der Waals surface area (Å²) in [6.45, 7) is 0.474. The number of benzene rings is 2. The van der Waals surface area contributed by atoms with Gasteiger partial charge in [-0.25, -0.2) is 0 Å². The SMILES string of the molecule is CN(Cc1ccc(N(C)C)cc1)C(=O)COc1ccc(Cl)c(Cl)c1. The minimum atomic E-state index is -0.113. The van der Waals surface area contributed by atoms with Gasteiger partial charge in [-0.2, -0.15) is 0 Å². The second-order valence-electron chi connectivity index (χ2n) is 5.68. The van der Waals surface area contributed by atoms with Crippen LogP contribution in [0.5, 0.6) is 5.75 Å². The number of rotatable bonds is 6. The van der Waals surface area contributed by atoms with Crippen molar-refractivity contribution in [1.29, 1.82) is 0 Å². The van der Waals surface area contributed by atoms with E-state index in [2.05, 4.69) is 0 Å². The average molecular weight is 367 g/mol. The van der Waals surface area contributed by atoms with Crippen molar-refractivity contribution in [3.05, 3.63) is 58.1 Å². The Bertz CT molecular complexity index is 703. The number of ether oxygens (including phenoxy) is 1. The normalized spacial score (nSPS) is 10.4. The monoisotopic (exact) mass is 366 g/mol. The molecule has 0 fully saturated rings. The smallest absolute Gasteiger partial charge is 0.260 e. The van der Waals surface area contributed by atoms with E-state index in [1.54, 1.807) is 30.1 Å². The molecule has 2 rings (SSSR count). The van der Waals surface area contributed by atoms with Crippen molar-refractivity contribution < 1.29 is 9.53 Å². The Kier molecular flexibility index (Phi) is 6.35. The number of nitrogens with zero attached hydrogens (tertiary/aromatic N) is 2. The first-order valence-corrected chi connectivity index (χ1v) is 8.20. The van der Waals surface area contributed by atoms with Crippen LogP contribution >= 0.6 is 23.2 Å². The van der Waals surface area contributed by atoms with Crippen LogP contribution in [-0.2, 0) is 11.3 Å². The van der Waals surface area contributed by atoms with Crippen molar-refractivity contribution >= 4 is 34.8 Å². The summed E-state index contributed by atoms with van der Waals surface area (Å²) in [5, 5.41) is 0.851. The molecule has 0 spiro atoms. The van der Waals surface area contributed by atoms with Gasteiger partial charge in [-0.1, -0.05) is 35.3 Å². The first-order valence-electron chi connectivity index (χ1n) is 7.45. The van der Waals surface area contributed by atoms with E-state index >= 15 is 0 Å². The summed E-state index contributed by atoms with van der Waals surface area (Å²) in [5.41, 5.74) is 2.18. The molecule has 0 aliphatic carbocycles.